The van der Waals surface area contributed by atoms with Crippen LogP contribution in [0.3, 0.4) is 0 Å². The molecule has 0 saturated heterocycles. The summed E-state index contributed by atoms with van der Waals surface area (Å²) < 4.78 is 0. The van der Waals surface area contributed by atoms with Crippen molar-refractivity contribution in [3.05, 3.63) is 0 Å². The summed E-state index contributed by atoms with van der Waals surface area (Å²) in [6.07, 6.45) is 6.72. The van der Waals surface area contributed by atoms with Crippen molar-refractivity contribution in [1.29, 1.82) is 0 Å². The first-order valence-electron chi connectivity index (χ1n) is 6.75. The summed E-state index contributed by atoms with van der Waals surface area (Å²) in [5.74, 6) is 0. The van der Waals surface area contributed by atoms with E-state index < -0.39 is 0 Å². The first-order chi connectivity index (χ1) is 7.79. The molecule has 0 radical (unpaired) electrons. The van der Waals surface area contributed by atoms with Crippen LogP contribution < -0.4 is 0 Å². The number of hydrogen-bond donors (Lipinski definition) is 2. The van der Waals surface area contributed by atoms with Gasteiger partial charge in [-0.1, -0.05) is 26.7 Å². The van der Waals surface area contributed by atoms with Gasteiger partial charge in [-0.3, -0.25) is 4.90 Å². The molecule has 0 bridgehead atoms. The van der Waals surface area contributed by atoms with Gasteiger partial charge in [0.2, 0.25) is 0 Å². The summed E-state index contributed by atoms with van der Waals surface area (Å²) in [6, 6.07) is 0.616. The zero-order chi connectivity index (χ0) is 12.2. The maximum Gasteiger partial charge on any atom is 0.0558 e. The molecule has 0 fully saturated rings. The minimum atomic E-state index is 0.257. The van der Waals surface area contributed by atoms with Crippen LogP contribution in [-0.4, -0.2) is 47.5 Å². The van der Waals surface area contributed by atoms with Crippen LogP contribution >= 0.6 is 0 Å². The standard InChI is InChI=1S/C13H29NO2/c1-3-13(4-2)14(10-12-16)9-7-5-6-8-11-15/h13,15-16H,3-12H2,1-2H3. The van der Waals surface area contributed by atoms with Crippen molar-refractivity contribution in [1.82, 2.24) is 4.90 Å². The average Bonchev–Trinajstić information content (AvgIpc) is 2.30. The van der Waals surface area contributed by atoms with Gasteiger partial charge in [0.05, 0.1) is 6.61 Å². The fraction of sp³-hybridized carbons (Fsp3) is 1.00. The first-order valence-corrected chi connectivity index (χ1v) is 6.75. The second-order valence-electron chi connectivity index (χ2n) is 4.37. The molecule has 98 valence electrons. The lowest BCUT2D eigenvalue weighted by Crippen LogP contribution is -2.37. The van der Waals surface area contributed by atoms with E-state index in [9.17, 15) is 0 Å². The minimum Gasteiger partial charge on any atom is -0.396 e. The summed E-state index contributed by atoms with van der Waals surface area (Å²) in [5, 5.41) is 17.7. The van der Waals surface area contributed by atoms with E-state index in [1.807, 2.05) is 0 Å². The molecular formula is C13H29NO2. The zero-order valence-electron chi connectivity index (χ0n) is 11.0. The van der Waals surface area contributed by atoms with E-state index >= 15 is 0 Å². The number of nitrogens with zero attached hydrogens (tertiary/aromatic N) is 1. The van der Waals surface area contributed by atoms with Crippen molar-refractivity contribution in [2.24, 2.45) is 0 Å². The van der Waals surface area contributed by atoms with E-state index in [0.717, 1.165) is 38.8 Å². The Kier molecular flexibility index (Phi) is 11.3. The van der Waals surface area contributed by atoms with Gasteiger partial charge in [0.1, 0.15) is 0 Å². The Morgan fingerprint density at radius 3 is 1.94 bits per heavy atom. The van der Waals surface area contributed by atoms with Gasteiger partial charge >= 0.3 is 0 Å². The smallest absolute Gasteiger partial charge is 0.0558 e. The van der Waals surface area contributed by atoms with Gasteiger partial charge in [-0.25, -0.2) is 0 Å². The molecule has 0 aromatic heterocycles. The van der Waals surface area contributed by atoms with Crippen LogP contribution in [0.15, 0.2) is 0 Å². The molecule has 0 amide bonds. The zero-order valence-corrected chi connectivity index (χ0v) is 11.0. The topological polar surface area (TPSA) is 43.7 Å². The Hall–Kier alpha value is -0.120. The van der Waals surface area contributed by atoms with Crippen LogP contribution in [0.2, 0.25) is 0 Å². The molecular weight excluding hydrogens is 202 g/mol. The molecule has 0 aromatic carbocycles. The van der Waals surface area contributed by atoms with Crippen LogP contribution in [-0.2, 0) is 0 Å². The van der Waals surface area contributed by atoms with Gasteiger partial charge in [0.25, 0.3) is 0 Å². The molecule has 0 aliphatic rings. The minimum absolute atomic E-state index is 0.257. The number of aliphatic hydroxyl groups excluding tert-OH is 2. The molecule has 3 heteroatoms. The Labute approximate surface area is 100 Å². The van der Waals surface area contributed by atoms with Crippen molar-refractivity contribution >= 4 is 0 Å². The molecule has 0 aliphatic carbocycles. The van der Waals surface area contributed by atoms with Crippen molar-refractivity contribution < 1.29 is 10.2 Å². The van der Waals surface area contributed by atoms with Crippen molar-refractivity contribution in [2.45, 2.75) is 58.4 Å². The number of unbranched alkanes of at least 4 members (excludes halogenated alkanes) is 3. The third-order valence-corrected chi connectivity index (χ3v) is 3.20. The summed E-state index contributed by atoms with van der Waals surface area (Å²) in [5.41, 5.74) is 0. The van der Waals surface area contributed by atoms with Gasteiger partial charge in [-0.2, -0.15) is 0 Å². The molecule has 3 nitrogen and oxygen atoms in total. The van der Waals surface area contributed by atoms with Crippen LogP contribution in [0.5, 0.6) is 0 Å². The highest BCUT2D eigenvalue weighted by Crippen LogP contribution is 2.10. The normalized spacial score (nSPS) is 11.6. The van der Waals surface area contributed by atoms with Crippen LogP contribution in [0.1, 0.15) is 52.4 Å². The van der Waals surface area contributed by atoms with Gasteiger partial charge in [0, 0.05) is 19.2 Å². The Bertz CT molecular complexity index is 138. The summed E-state index contributed by atoms with van der Waals surface area (Å²) >= 11 is 0. The second kappa shape index (κ2) is 11.4. The van der Waals surface area contributed by atoms with E-state index in [0.29, 0.717) is 12.6 Å². The fourth-order valence-corrected chi connectivity index (χ4v) is 2.19. The molecule has 0 atom stereocenters. The molecule has 16 heavy (non-hydrogen) atoms. The van der Waals surface area contributed by atoms with Crippen LogP contribution in [0.4, 0.5) is 0 Å². The summed E-state index contributed by atoms with van der Waals surface area (Å²) in [6.45, 7) is 6.87. The average molecular weight is 231 g/mol. The largest absolute Gasteiger partial charge is 0.396 e. The van der Waals surface area contributed by atoms with E-state index in [-0.39, 0.29) is 6.61 Å². The highest BCUT2D eigenvalue weighted by molar-refractivity contribution is 4.68. The predicted octanol–water partition coefficient (Wildman–Crippen LogP) is 2.02. The van der Waals surface area contributed by atoms with Gasteiger partial charge in [-0.15, -0.1) is 0 Å². The number of aliphatic hydroxyl groups is 2. The quantitative estimate of drug-likeness (QED) is 0.535. The van der Waals surface area contributed by atoms with Crippen molar-refractivity contribution in [2.75, 3.05) is 26.3 Å². The van der Waals surface area contributed by atoms with Crippen LogP contribution in [0.25, 0.3) is 0 Å². The lowest BCUT2D eigenvalue weighted by Gasteiger charge is -2.29. The Morgan fingerprint density at radius 2 is 1.44 bits per heavy atom. The third-order valence-electron chi connectivity index (χ3n) is 3.20. The lowest BCUT2D eigenvalue weighted by molar-refractivity contribution is 0.141. The van der Waals surface area contributed by atoms with Crippen molar-refractivity contribution in [3.8, 4) is 0 Å². The van der Waals surface area contributed by atoms with E-state index in [1.54, 1.807) is 0 Å². The molecule has 0 aliphatic heterocycles. The summed E-state index contributed by atoms with van der Waals surface area (Å²) in [4.78, 5) is 2.40. The Morgan fingerprint density at radius 1 is 0.812 bits per heavy atom. The van der Waals surface area contributed by atoms with Crippen molar-refractivity contribution in [3.63, 3.8) is 0 Å². The highest BCUT2D eigenvalue weighted by atomic mass is 16.3. The van der Waals surface area contributed by atoms with Gasteiger partial charge in [-0.05, 0) is 32.2 Å². The van der Waals surface area contributed by atoms with E-state index in [1.165, 1.54) is 12.8 Å². The third kappa shape index (κ3) is 7.20. The number of hydrogen-bond acceptors (Lipinski definition) is 3. The van der Waals surface area contributed by atoms with E-state index in [4.69, 9.17) is 10.2 Å². The molecule has 2 N–H and O–H groups in total. The second-order valence-corrected chi connectivity index (χ2v) is 4.37. The van der Waals surface area contributed by atoms with E-state index in [2.05, 4.69) is 18.7 Å². The fourth-order valence-electron chi connectivity index (χ4n) is 2.19. The number of rotatable bonds is 11. The molecule has 0 heterocycles. The molecule has 0 spiro atoms. The molecule has 0 aromatic rings. The predicted molar refractivity (Wildman–Crippen MR) is 68.6 cm³/mol. The SMILES string of the molecule is CCC(CC)N(CCO)CCCCCCO. The molecule has 0 saturated carbocycles. The van der Waals surface area contributed by atoms with Gasteiger partial charge in [0.15, 0.2) is 0 Å². The molecule has 0 unspecified atom stereocenters. The summed E-state index contributed by atoms with van der Waals surface area (Å²) in [7, 11) is 0. The van der Waals surface area contributed by atoms with Crippen LogP contribution in [0, 0.1) is 0 Å². The first kappa shape index (κ1) is 15.9. The molecule has 0 rings (SSSR count). The monoisotopic (exact) mass is 231 g/mol. The maximum absolute atomic E-state index is 9.04. The Balaban J connectivity index is 3.74. The maximum atomic E-state index is 9.04. The highest BCUT2D eigenvalue weighted by Gasteiger charge is 2.13. The van der Waals surface area contributed by atoms with Gasteiger partial charge < -0.3 is 10.2 Å². The lowest BCUT2D eigenvalue weighted by atomic mass is 10.1.